The van der Waals surface area contributed by atoms with Crippen LogP contribution in [0.5, 0.6) is 5.75 Å². The van der Waals surface area contributed by atoms with Crippen LogP contribution in [0, 0.1) is 5.82 Å². The number of β-amino-alcohol motifs (C(OH)–C–C–N with tert-alkyl or cyclic N) is 1. The zero-order chi connectivity index (χ0) is 18.4. The third kappa shape index (κ3) is 4.48. The van der Waals surface area contributed by atoms with Gasteiger partial charge in [-0.1, -0.05) is 26.7 Å². The number of nitrogens with one attached hydrogen (secondary N) is 1. The molecular formula is C18H25FN2O4. The van der Waals surface area contributed by atoms with Gasteiger partial charge in [0.1, 0.15) is 29.8 Å². The third-order valence-corrected chi connectivity index (χ3v) is 4.25. The number of aliphatic hydroxyl groups is 1. The number of halogens is 1. The highest BCUT2D eigenvalue weighted by atomic mass is 19.1. The van der Waals surface area contributed by atoms with E-state index in [-0.39, 0.29) is 24.9 Å². The summed E-state index contributed by atoms with van der Waals surface area (Å²) in [5, 5.41) is 12.9. The number of amides is 3. The topological polar surface area (TPSA) is 78.9 Å². The van der Waals surface area contributed by atoms with Crippen LogP contribution in [0.25, 0.3) is 0 Å². The number of carbonyl (C=O) groups is 2. The summed E-state index contributed by atoms with van der Waals surface area (Å²) in [6.07, 6.45) is 1.67. The summed E-state index contributed by atoms with van der Waals surface area (Å²) in [6, 6.07) is 4.92. The molecule has 1 aromatic rings. The van der Waals surface area contributed by atoms with Crippen LogP contribution in [0.3, 0.4) is 0 Å². The molecule has 0 spiro atoms. The van der Waals surface area contributed by atoms with E-state index >= 15 is 0 Å². The molecule has 1 fully saturated rings. The maximum absolute atomic E-state index is 12.8. The van der Waals surface area contributed by atoms with Gasteiger partial charge in [0.25, 0.3) is 5.91 Å². The molecule has 0 saturated carbocycles. The fraction of sp³-hybridized carbons (Fsp3) is 0.556. The smallest absolute Gasteiger partial charge is 0.325 e. The van der Waals surface area contributed by atoms with Crippen molar-refractivity contribution >= 4 is 11.9 Å². The van der Waals surface area contributed by atoms with Crippen molar-refractivity contribution in [2.24, 2.45) is 0 Å². The van der Waals surface area contributed by atoms with Gasteiger partial charge in [-0.05, 0) is 37.1 Å². The van der Waals surface area contributed by atoms with Crippen LogP contribution in [-0.2, 0) is 4.79 Å². The molecule has 138 valence electrons. The number of aliphatic hydroxyl groups excluding tert-OH is 1. The standard InChI is InChI=1S/C18H25FN2O4/c1-3-9-18(10-4-2)16(23)21(17(24)20-18)11-14(22)12-25-15-7-5-13(19)6-8-15/h5-8,14,22H,3-4,9-12H2,1-2H3,(H,20,24). The Morgan fingerprint density at radius 1 is 1.20 bits per heavy atom. The molecule has 2 rings (SSSR count). The molecule has 1 aromatic carbocycles. The second-order valence-corrected chi connectivity index (χ2v) is 6.35. The monoisotopic (exact) mass is 352 g/mol. The van der Waals surface area contributed by atoms with E-state index in [9.17, 15) is 19.1 Å². The van der Waals surface area contributed by atoms with Gasteiger partial charge in [-0.2, -0.15) is 0 Å². The van der Waals surface area contributed by atoms with Crippen LogP contribution in [0.4, 0.5) is 9.18 Å². The molecule has 3 amide bonds. The van der Waals surface area contributed by atoms with E-state index in [1.807, 2.05) is 13.8 Å². The number of nitrogens with zero attached hydrogens (tertiary/aromatic N) is 1. The van der Waals surface area contributed by atoms with E-state index in [1.165, 1.54) is 24.3 Å². The van der Waals surface area contributed by atoms with Gasteiger partial charge in [-0.3, -0.25) is 9.69 Å². The largest absolute Gasteiger partial charge is 0.491 e. The second kappa shape index (κ2) is 8.29. The SMILES string of the molecule is CCCC1(CCC)NC(=O)N(CC(O)COc2ccc(F)cc2)C1=O. The van der Waals surface area contributed by atoms with Crippen LogP contribution in [0.15, 0.2) is 24.3 Å². The molecule has 7 heteroatoms. The van der Waals surface area contributed by atoms with E-state index in [0.717, 1.165) is 17.7 Å². The summed E-state index contributed by atoms with van der Waals surface area (Å²) in [5.74, 6) is -0.263. The molecule has 1 aliphatic rings. The second-order valence-electron chi connectivity index (χ2n) is 6.35. The fourth-order valence-corrected chi connectivity index (χ4v) is 3.15. The summed E-state index contributed by atoms with van der Waals surface area (Å²) in [4.78, 5) is 26.0. The number of benzene rings is 1. The van der Waals surface area contributed by atoms with Crippen molar-refractivity contribution in [1.29, 1.82) is 0 Å². The molecule has 0 aliphatic carbocycles. The van der Waals surface area contributed by atoms with Gasteiger partial charge in [0.15, 0.2) is 0 Å². The lowest BCUT2D eigenvalue weighted by Crippen LogP contribution is -2.47. The van der Waals surface area contributed by atoms with Crippen molar-refractivity contribution in [1.82, 2.24) is 10.2 Å². The first-order valence-corrected chi connectivity index (χ1v) is 8.62. The van der Waals surface area contributed by atoms with Crippen LogP contribution < -0.4 is 10.1 Å². The Kier molecular flexibility index (Phi) is 6.36. The van der Waals surface area contributed by atoms with Crippen molar-refractivity contribution < 1.29 is 23.8 Å². The van der Waals surface area contributed by atoms with E-state index in [1.54, 1.807) is 0 Å². The number of hydrogen-bond donors (Lipinski definition) is 2. The molecule has 0 aromatic heterocycles. The highest BCUT2D eigenvalue weighted by Gasteiger charge is 2.50. The van der Waals surface area contributed by atoms with E-state index in [0.29, 0.717) is 18.6 Å². The number of carbonyl (C=O) groups excluding carboxylic acids is 2. The molecule has 1 unspecified atom stereocenters. The van der Waals surface area contributed by atoms with Crippen molar-refractivity contribution in [2.45, 2.75) is 51.2 Å². The third-order valence-electron chi connectivity index (χ3n) is 4.25. The van der Waals surface area contributed by atoms with Crippen molar-refractivity contribution in [3.63, 3.8) is 0 Å². The number of hydrogen-bond acceptors (Lipinski definition) is 4. The maximum atomic E-state index is 12.8. The average molecular weight is 352 g/mol. The number of urea groups is 1. The van der Waals surface area contributed by atoms with Gasteiger partial charge >= 0.3 is 6.03 Å². The Labute approximate surface area is 147 Å². The molecule has 25 heavy (non-hydrogen) atoms. The van der Waals surface area contributed by atoms with Gasteiger partial charge in [0, 0.05) is 0 Å². The van der Waals surface area contributed by atoms with Gasteiger partial charge in [0.05, 0.1) is 6.54 Å². The first kappa shape index (κ1) is 19.2. The number of ether oxygens (including phenoxy) is 1. The Balaban J connectivity index is 1.95. The molecule has 0 bridgehead atoms. The molecule has 2 N–H and O–H groups in total. The van der Waals surface area contributed by atoms with Gasteiger partial charge in [-0.15, -0.1) is 0 Å². The van der Waals surface area contributed by atoms with Crippen LogP contribution >= 0.6 is 0 Å². The Hall–Kier alpha value is -2.15. The Bertz CT molecular complexity index is 600. The van der Waals surface area contributed by atoms with Gasteiger partial charge in [0.2, 0.25) is 0 Å². The number of rotatable bonds is 9. The van der Waals surface area contributed by atoms with Gasteiger partial charge < -0.3 is 15.2 Å². The summed E-state index contributed by atoms with van der Waals surface area (Å²) in [5.41, 5.74) is -0.863. The first-order valence-electron chi connectivity index (χ1n) is 8.62. The predicted molar refractivity (Wildman–Crippen MR) is 90.7 cm³/mol. The molecule has 1 saturated heterocycles. The van der Waals surface area contributed by atoms with Crippen LogP contribution in [-0.4, -0.2) is 46.7 Å². The van der Waals surface area contributed by atoms with E-state index in [4.69, 9.17) is 4.74 Å². The zero-order valence-electron chi connectivity index (χ0n) is 14.6. The van der Waals surface area contributed by atoms with Crippen LogP contribution in [0.2, 0.25) is 0 Å². The van der Waals surface area contributed by atoms with Crippen molar-refractivity contribution in [3.05, 3.63) is 30.1 Å². The summed E-state index contributed by atoms with van der Waals surface area (Å²) < 4.78 is 18.2. The summed E-state index contributed by atoms with van der Waals surface area (Å²) in [7, 11) is 0. The lowest BCUT2D eigenvalue weighted by atomic mass is 9.88. The minimum atomic E-state index is -1.03. The Morgan fingerprint density at radius 2 is 1.80 bits per heavy atom. The normalized spacial score (nSPS) is 17.5. The van der Waals surface area contributed by atoms with Crippen molar-refractivity contribution in [2.75, 3.05) is 13.2 Å². The molecule has 6 nitrogen and oxygen atoms in total. The maximum Gasteiger partial charge on any atom is 0.325 e. The first-order chi connectivity index (χ1) is 11.9. The van der Waals surface area contributed by atoms with Crippen molar-refractivity contribution in [3.8, 4) is 5.75 Å². The summed E-state index contributed by atoms with van der Waals surface area (Å²) >= 11 is 0. The minimum absolute atomic E-state index is 0.1000. The highest BCUT2D eigenvalue weighted by molar-refractivity contribution is 6.07. The molecule has 0 radical (unpaired) electrons. The lowest BCUT2D eigenvalue weighted by Gasteiger charge is -2.26. The highest BCUT2D eigenvalue weighted by Crippen LogP contribution is 2.28. The average Bonchev–Trinajstić information content (AvgIpc) is 2.79. The minimum Gasteiger partial charge on any atom is -0.491 e. The molecule has 1 atom stereocenters. The fourth-order valence-electron chi connectivity index (χ4n) is 3.15. The Morgan fingerprint density at radius 3 is 2.36 bits per heavy atom. The lowest BCUT2D eigenvalue weighted by molar-refractivity contribution is -0.133. The van der Waals surface area contributed by atoms with Crippen LogP contribution in [0.1, 0.15) is 39.5 Å². The summed E-state index contributed by atoms with van der Waals surface area (Å²) in [6.45, 7) is 3.69. The molecule has 1 aliphatic heterocycles. The molecule has 1 heterocycles. The number of imide groups is 1. The van der Waals surface area contributed by atoms with E-state index < -0.39 is 17.7 Å². The molecular weight excluding hydrogens is 327 g/mol. The van der Waals surface area contributed by atoms with Gasteiger partial charge in [-0.25, -0.2) is 9.18 Å². The quantitative estimate of drug-likeness (QED) is 0.669. The predicted octanol–water partition coefficient (Wildman–Crippen LogP) is 2.46. The van der Waals surface area contributed by atoms with E-state index in [2.05, 4.69) is 5.32 Å². The zero-order valence-corrected chi connectivity index (χ0v) is 14.6.